The van der Waals surface area contributed by atoms with E-state index in [1.807, 2.05) is 0 Å². The molecule has 0 bridgehead atoms. The van der Waals surface area contributed by atoms with Crippen molar-refractivity contribution in [1.82, 2.24) is 5.32 Å². The van der Waals surface area contributed by atoms with E-state index in [1.165, 1.54) is 35.1 Å². The first-order chi connectivity index (χ1) is 8.24. The summed E-state index contributed by atoms with van der Waals surface area (Å²) in [5, 5.41) is 3.40. The third kappa shape index (κ3) is 3.02. The number of aryl methyl sites for hydroxylation is 1. The molecule has 0 aromatic heterocycles. The van der Waals surface area contributed by atoms with Crippen LogP contribution in [0, 0.1) is 0 Å². The van der Waals surface area contributed by atoms with Crippen molar-refractivity contribution in [2.24, 2.45) is 0 Å². The number of hydrogen-bond donors (Lipinski definition) is 1. The van der Waals surface area contributed by atoms with E-state index in [1.54, 1.807) is 0 Å². The van der Waals surface area contributed by atoms with Crippen LogP contribution in [0.3, 0.4) is 0 Å². The molecule has 3 heteroatoms. The van der Waals surface area contributed by atoms with Crippen molar-refractivity contribution in [2.75, 3.05) is 25.0 Å². The number of halogens is 1. The Bertz CT molecular complexity index is 378. The van der Waals surface area contributed by atoms with Crippen molar-refractivity contribution in [2.45, 2.75) is 32.2 Å². The fourth-order valence-corrected chi connectivity index (χ4v) is 2.99. The van der Waals surface area contributed by atoms with E-state index in [0.29, 0.717) is 6.04 Å². The van der Waals surface area contributed by atoms with E-state index in [-0.39, 0.29) is 0 Å². The van der Waals surface area contributed by atoms with Crippen molar-refractivity contribution >= 4 is 21.6 Å². The van der Waals surface area contributed by atoms with Crippen LogP contribution in [0.2, 0.25) is 0 Å². The Morgan fingerprint density at radius 2 is 2.29 bits per heavy atom. The normalized spacial score (nSPS) is 20.6. The topological polar surface area (TPSA) is 15.3 Å². The summed E-state index contributed by atoms with van der Waals surface area (Å²) in [6.07, 6.45) is 3.67. The van der Waals surface area contributed by atoms with Crippen molar-refractivity contribution in [3.63, 3.8) is 0 Å². The molecule has 17 heavy (non-hydrogen) atoms. The predicted molar refractivity (Wildman–Crippen MR) is 77.8 cm³/mol. The number of piperidine rings is 1. The first-order valence-corrected chi connectivity index (χ1v) is 7.24. The molecule has 0 amide bonds. The average Bonchev–Trinajstić information content (AvgIpc) is 2.38. The van der Waals surface area contributed by atoms with Crippen LogP contribution >= 0.6 is 15.9 Å². The van der Waals surface area contributed by atoms with Crippen molar-refractivity contribution < 1.29 is 0 Å². The van der Waals surface area contributed by atoms with Gasteiger partial charge < -0.3 is 10.2 Å². The Balaban J connectivity index is 2.20. The quantitative estimate of drug-likeness (QED) is 0.921. The van der Waals surface area contributed by atoms with E-state index >= 15 is 0 Å². The second-order valence-electron chi connectivity index (χ2n) is 4.70. The van der Waals surface area contributed by atoms with Crippen LogP contribution in [-0.4, -0.2) is 26.2 Å². The maximum atomic E-state index is 3.56. The third-order valence-corrected chi connectivity index (χ3v) is 4.09. The molecule has 0 saturated carbocycles. The molecule has 1 fully saturated rings. The molecule has 0 aliphatic carbocycles. The molecular weight excluding hydrogens is 276 g/mol. The van der Waals surface area contributed by atoms with Crippen molar-refractivity contribution in [3.05, 3.63) is 28.2 Å². The van der Waals surface area contributed by atoms with Crippen molar-refractivity contribution in [3.8, 4) is 0 Å². The third-order valence-electron chi connectivity index (χ3n) is 3.59. The van der Waals surface area contributed by atoms with Gasteiger partial charge in [-0.1, -0.05) is 22.9 Å². The largest absolute Gasteiger partial charge is 0.370 e. The Hall–Kier alpha value is -0.540. The van der Waals surface area contributed by atoms with E-state index in [2.05, 4.69) is 58.3 Å². The number of benzene rings is 1. The molecule has 1 unspecified atom stereocenters. The molecule has 0 radical (unpaired) electrons. The van der Waals surface area contributed by atoms with Crippen LogP contribution < -0.4 is 10.2 Å². The van der Waals surface area contributed by atoms with E-state index in [0.717, 1.165) is 13.0 Å². The van der Waals surface area contributed by atoms with Gasteiger partial charge in [-0.15, -0.1) is 0 Å². The van der Waals surface area contributed by atoms with E-state index < -0.39 is 0 Å². The summed E-state index contributed by atoms with van der Waals surface area (Å²) in [5.74, 6) is 0. The van der Waals surface area contributed by atoms with Gasteiger partial charge in [-0.2, -0.15) is 0 Å². The number of likely N-dealkylation sites (N-methyl/N-ethyl adjacent to an activating group) is 1. The van der Waals surface area contributed by atoms with Crippen LogP contribution in [0.5, 0.6) is 0 Å². The molecule has 1 aliphatic rings. The minimum absolute atomic E-state index is 0.636. The number of nitrogens with zero attached hydrogens (tertiary/aromatic N) is 1. The van der Waals surface area contributed by atoms with E-state index in [9.17, 15) is 0 Å². The first-order valence-electron chi connectivity index (χ1n) is 6.45. The Kier molecular flexibility index (Phi) is 4.46. The molecule has 1 atom stereocenters. The standard InChI is InChI=1S/C14H21BrN2/c1-3-11-9-12(15)6-7-14(11)17-8-4-5-13(10-17)16-2/h6-7,9,13,16H,3-5,8,10H2,1-2H3. The van der Waals surface area contributed by atoms with Gasteiger partial charge in [0.25, 0.3) is 0 Å². The summed E-state index contributed by atoms with van der Waals surface area (Å²) < 4.78 is 1.18. The molecule has 1 N–H and O–H groups in total. The Labute approximate surface area is 113 Å². The molecule has 1 heterocycles. The molecular formula is C14H21BrN2. The van der Waals surface area contributed by atoms with Crippen molar-refractivity contribution in [1.29, 1.82) is 0 Å². The lowest BCUT2D eigenvalue weighted by molar-refractivity contribution is 0.449. The molecule has 1 aliphatic heterocycles. The minimum Gasteiger partial charge on any atom is -0.370 e. The first kappa shape index (κ1) is 12.9. The van der Waals surface area contributed by atoms with Gasteiger partial charge in [0.05, 0.1) is 0 Å². The van der Waals surface area contributed by atoms with Crippen LogP contribution in [0.4, 0.5) is 5.69 Å². The second kappa shape index (κ2) is 5.87. The SMILES string of the molecule is CCc1cc(Br)ccc1N1CCCC(NC)C1. The van der Waals surface area contributed by atoms with Crippen LogP contribution in [-0.2, 0) is 6.42 Å². The molecule has 1 aromatic carbocycles. The lowest BCUT2D eigenvalue weighted by Gasteiger charge is -2.35. The zero-order valence-corrected chi connectivity index (χ0v) is 12.3. The van der Waals surface area contributed by atoms with E-state index in [4.69, 9.17) is 0 Å². The maximum absolute atomic E-state index is 3.56. The lowest BCUT2D eigenvalue weighted by atomic mass is 10.0. The molecule has 1 aromatic rings. The van der Waals surface area contributed by atoms with Gasteiger partial charge >= 0.3 is 0 Å². The van der Waals surface area contributed by atoms with Gasteiger partial charge in [-0.05, 0) is 50.1 Å². The summed E-state index contributed by atoms with van der Waals surface area (Å²) >= 11 is 3.56. The second-order valence-corrected chi connectivity index (χ2v) is 5.62. The fraction of sp³-hybridized carbons (Fsp3) is 0.571. The van der Waals surface area contributed by atoms with Gasteiger partial charge in [-0.3, -0.25) is 0 Å². The lowest BCUT2D eigenvalue weighted by Crippen LogP contribution is -2.44. The Morgan fingerprint density at radius 3 is 3.00 bits per heavy atom. The summed E-state index contributed by atoms with van der Waals surface area (Å²) in [7, 11) is 2.07. The van der Waals surface area contributed by atoms with Gasteiger partial charge in [0.2, 0.25) is 0 Å². The summed E-state index contributed by atoms with van der Waals surface area (Å²) in [6, 6.07) is 7.29. The highest BCUT2D eigenvalue weighted by Crippen LogP contribution is 2.27. The molecule has 94 valence electrons. The number of rotatable bonds is 3. The highest BCUT2D eigenvalue weighted by molar-refractivity contribution is 9.10. The predicted octanol–water partition coefficient (Wildman–Crippen LogP) is 3.20. The van der Waals surface area contributed by atoms with Gasteiger partial charge in [0.1, 0.15) is 0 Å². The number of hydrogen-bond acceptors (Lipinski definition) is 2. The summed E-state index contributed by atoms with van der Waals surface area (Å²) in [6.45, 7) is 4.54. The monoisotopic (exact) mass is 296 g/mol. The minimum atomic E-state index is 0.636. The Morgan fingerprint density at radius 1 is 1.47 bits per heavy atom. The summed E-state index contributed by atoms with van der Waals surface area (Å²) in [5.41, 5.74) is 2.85. The zero-order chi connectivity index (χ0) is 12.3. The summed E-state index contributed by atoms with van der Waals surface area (Å²) in [4.78, 5) is 2.52. The molecule has 2 nitrogen and oxygen atoms in total. The molecule has 2 rings (SSSR count). The van der Waals surface area contributed by atoms with Crippen LogP contribution in [0.25, 0.3) is 0 Å². The van der Waals surface area contributed by atoms with Gasteiger partial charge in [-0.25, -0.2) is 0 Å². The van der Waals surface area contributed by atoms with Crippen LogP contribution in [0.1, 0.15) is 25.3 Å². The maximum Gasteiger partial charge on any atom is 0.0399 e. The van der Waals surface area contributed by atoms with Gasteiger partial charge in [0, 0.05) is 29.3 Å². The number of anilines is 1. The average molecular weight is 297 g/mol. The zero-order valence-electron chi connectivity index (χ0n) is 10.7. The fourth-order valence-electron chi connectivity index (χ4n) is 2.58. The highest BCUT2D eigenvalue weighted by atomic mass is 79.9. The smallest absolute Gasteiger partial charge is 0.0399 e. The molecule has 1 saturated heterocycles. The highest BCUT2D eigenvalue weighted by Gasteiger charge is 2.20. The molecule has 0 spiro atoms. The van der Waals surface area contributed by atoms with Gasteiger partial charge in [0.15, 0.2) is 0 Å². The number of nitrogens with one attached hydrogen (secondary N) is 1. The van der Waals surface area contributed by atoms with Crippen LogP contribution in [0.15, 0.2) is 22.7 Å².